The van der Waals surface area contributed by atoms with Gasteiger partial charge in [-0.1, -0.05) is 40.0 Å². The van der Waals surface area contributed by atoms with Crippen LogP contribution in [0.15, 0.2) is 0 Å². The molecule has 12 N–H and O–H groups in total. The van der Waals surface area contributed by atoms with Crippen LogP contribution in [0.3, 0.4) is 0 Å². The van der Waals surface area contributed by atoms with E-state index in [2.05, 4.69) is 16.0 Å². The Morgan fingerprint density at radius 1 is 0.727 bits per heavy atom. The highest BCUT2D eigenvalue weighted by atomic mass is 16.4. The third-order valence-corrected chi connectivity index (χ3v) is 5.32. The van der Waals surface area contributed by atoms with Gasteiger partial charge in [-0.05, 0) is 19.3 Å². The summed E-state index contributed by atoms with van der Waals surface area (Å²) < 4.78 is 0. The van der Waals surface area contributed by atoms with E-state index in [4.69, 9.17) is 28.0 Å². The van der Waals surface area contributed by atoms with Gasteiger partial charge in [0.25, 0.3) is 0 Å². The lowest BCUT2D eigenvalue weighted by atomic mass is 9.98. The van der Waals surface area contributed by atoms with E-state index in [0.717, 1.165) is 12.8 Å². The summed E-state index contributed by atoms with van der Waals surface area (Å²) in [4.78, 5) is 49.1. The van der Waals surface area contributed by atoms with Gasteiger partial charge in [-0.3, -0.25) is 19.2 Å². The van der Waals surface area contributed by atoms with Gasteiger partial charge in [-0.15, -0.1) is 0 Å². The molecule has 33 heavy (non-hydrogen) atoms. The summed E-state index contributed by atoms with van der Waals surface area (Å²) in [6, 6.07) is -5.23. The second-order valence-electron chi connectivity index (χ2n) is 8.28. The highest BCUT2D eigenvalue weighted by Crippen LogP contribution is 2.08. The Hall–Kier alpha value is -2.28. The Bertz CT molecular complexity index is 634. The fourth-order valence-electron chi connectivity index (χ4n) is 3.33. The summed E-state index contributed by atoms with van der Waals surface area (Å²) in [5.74, 6) is -2.92. The van der Waals surface area contributed by atoms with Crippen molar-refractivity contribution in [3.05, 3.63) is 0 Å². The number of carbonyl (C=O) groups excluding carboxylic acids is 3. The molecule has 12 heteroatoms. The van der Waals surface area contributed by atoms with Gasteiger partial charge < -0.3 is 44.0 Å². The lowest BCUT2D eigenvalue weighted by Crippen LogP contribution is -2.64. The Morgan fingerprint density at radius 3 is 1.61 bits per heavy atom. The van der Waals surface area contributed by atoms with Crippen LogP contribution < -0.4 is 38.9 Å². The van der Waals surface area contributed by atoms with Crippen LogP contribution >= 0.6 is 0 Å². The molecule has 6 unspecified atom stereocenters. The van der Waals surface area contributed by atoms with Crippen molar-refractivity contribution < 1.29 is 24.3 Å². The maximum absolute atomic E-state index is 12.9. The van der Waals surface area contributed by atoms with Crippen LogP contribution in [0.5, 0.6) is 0 Å². The summed E-state index contributed by atoms with van der Waals surface area (Å²) in [6.45, 7) is 5.54. The number of hydrogen-bond acceptors (Lipinski definition) is 8. The zero-order valence-electron chi connectivity index (χ0n) is 20.0. The lowest BCUT2D eigenvalue weighted by Gasteiger charge is -2.31. The number of nitrogens with two attached hydrogens (primary N) is 4. The number of hydrogen-bond donors (Lipinski definition) is 8. The summed E-state index contributed by atoms with van der Waals surface area (Å²) in [5.41, 5.74) is 23.9. The van der Waals surface area contributed by atoms with Crippen molar-refractivity contribution in [3.63, 3.8) is 0 Å². The van der Waals surface area contributed by atoms with Crippen LogP contribution in [0.1, 0.15) is 65.7 Å². The minimum atomic E-state index is -1.20. The van der Waals surface area contributed by atoms with Gasteiger partial charge in [0.05, 0.1) is 24.5 Å². The molecular formula is C21H43N7O5. The fourth-order valence-corrected chi connectivity index (χ4v) is 3.33. The van der Waals surface area contributed by atoms with Crippen LogP contribution in [-0.2, 0) is 19.2 Å². The Morgan fingerprint density at radius 2 is 1.18 bits per heavy atom. The van der Waals surface area contributed by atoms with Gasteiger partial charge in [-0.25, -0.2) is 0 Å². The first-order valence-corrected chi connectivity index (χ1v) is 11.6. The molecule has 0 aromatic rings. The van der Waals surface area contributed by atoms with Crippen molar-refractivity contribution in [2.45, 2.75) is 102 Å². The van der Waals surface area contributed by atoms with E-state index < -0.39 is 59.9 Å². The minimum Gasteiger partial charge on any atom is -0.481 e. The van der Waals surface area contributed by atoms with E-state index >= 15 is 0 Å². The molecule has 0 aliphatic rings. The van der Waals surface area contributed by atoms with E-state index in [9.17, 15) is 19.2 Å². The number of aliphatic carboxylic acids is 1. The monoisotopic (exact) mass is 473 g/mol. The molecule has 0 heterocycles. The van der Waals surface area contributed by atoms with Crippen molar-refractivity contribution in [1.82, 2.24) is 16.0 Å². The highest BCUT2D eigenvalue weighted by Gasteiger charge is 2.34. The van der Waals surface area contributed by atoms with Gasteiger partial charge >= 0.3 is 5.97 Å². The van der Waals surface area contributed by atoms with Crippen molar-refractivity contribution in [3.8, 4) is 0 Å². The molecular weight excluding hydrogens is 430 g/mol. The van der Waals surface area contributed by atoms with Crippen LogP contribution in [0.2, 0.25) is 0 Å². The van der Waals surface area contributed by atoms with E-state index in [-0.39, 0.29) is 13.0 Å². The third kappa shape index (κ3) is 11.4. The SMILES string of the molecule is CCCC(N)C(N)C(=O)NC(CCC)C(NC(=O)C(N)C(N)CCC)C(=O)NCCC(=O)O. The van der Waals surface area contributed by atoms with Crippen LogP contribution in [-0.4, -0.2) is 71.6 Å². The van der Waals surface area contributed by atoms with Gasteiger partial charge in [0.1, 0.15) is 6.04 Å². The predicted octanol–water partition coefficient (Wildman–Crippen LogP) is -1.74. The quantitative estimate of drug-likeness (QED) is 0.120. The maximum Gasteiger partial charge on any atom is 0.305 e. The van der Waals surface area contributed by atoms with Gasteiger partial charge in [0.15, 0.2) is 0 Å². The molecule has 0 bridgehead atoms. The topological polar surface area (TPSA) is 229 Å². The zero-order chi connectivity index (χ0) is 25.6. The average molecular weight is 474 g/mol. The summed E-state index contributed by atoms with van der Waals surface area (Å²) in [5, 5.41) is 16.6. The first kappa shape index (κ1) is 30.7. The van der Waals surface area contributed by atoms with Crippen molar-refractivity contribution >= 4 is 23.7 Å². The molecule has 0 fully saturated rings. The van der Waals surface area contributed by atoms with Gasteiger partial charge in [-0.2, -0.15) is 0 Å². The second kappa shape index (κ2) is 16.4. The number of carbonyl (C=O) groups is 4. The number of rotatable bonds is 17. The molecule has 0 aliphatic heterocycles. The smallest absolute Gasteiger partial charge is 0.305 e. The summed E-state index contributed by atoms with van der Waals surface area (Å²) in [7, 11) is 0. The van der Waals surface area contributed by atoms with Crippen molar-refractivity contribution in [2.75, 3.05) is 6.54 Å². The summed E-state index contributed by atoms with van der Waals surface area (Å²) in [6.07, 6.45) is 3.17. The van der Waals surface area contributed by atoms with Crippen LogP contribution in [0.4, 0.5) is 0 Å². The molecule has 0 saturated heterocycles. The first-order chi connectivity index (χ1) is 15.5. The minimum absolute atomic E-state index is 0.143. The van der Waals surface area contributed by atoms with Crippen molar-refractivity contribution in [1.29, 1.82) is 0 Å². The Labute approximate surface area is 195 Å². The molecule has 0 aromatic carbocycles. The summed E-state index contributed by atoms with van der Waals surface area (Å²) >= 11 is 0. The molecule has 0 aromatic heterocycles. The predicted molar refractivity (Wildman–Crippen MR) is 126 cm³/mol. The number of amides is 3. The fraction of sp³-hybridized carbons (Fsp3) is 0.810. The molecule has 0 saturated carbocycles. The van der Waals surface area contributed by atoms with Crippen LogP contribution in [0, 0.1) is 0 Å². The van der Waals surface area contributed by atoms with E-state index in [1.165, 1.54) is 0 Å². The van der Waals surface area contributed by atoms with Gasteiger partial charge in [0, 0.05) is 18.6 Å². The Kier molecular flexibility index (Phi) is 15.2. The molecule has 0 aliphatic carbocycles. The largest absolute Gasteiger partial charge is 0.481 e. The standard InChI is InChI=1S/C21H43N7O5/c1-4-7-12(22)16(24)19(31)27-14(9-6-3)18(21(33)26-11-10-15(29)30)28-20(32)17(25)13(23)8-5-2/h12-14,16-18H,4-11,22-25H2,1-3H3,(H,26,33)(H,27,31)(H,28,32)(H,29,30). The second-order valence-corrected chi connectivity index (χ2v) is 8.28. The molecule has 0 radical (unpaired) electrons. The van der Waals surface area contributed by atoms with E-state index in [1.54, 1.807) is 0 Å². The Balaban J connectivity index is 5.65. The molecule has 0 rings (SSSR count). The number of carboxylic acid groups (broad SMARTS) is 1. The average Bonchev–Trinajstić information content (AvgIpc) is 2.75. The zero-order valence-corrected chi connectivity index (χ0v) is 20.0. The van der Waals surface area contributed by atoms with E-state index in [1.807, 2.05) is 20.8 Å². The number of nitrogens with one attached hydrogen (secondary N) is 3. The molecule has 3 amide bonds. The van der Waals surface area contributed by atoms with E-state index in [0.29, 0.717) is 25.7 Å². The molecule has 192 valence electrons. The molecule has 6 atom stereocenters. The third-order valence-electron chi connectivity index (χ3n) is 5.32. The van der Waals surface area contributed by atoms with Gasteiger partial charge in [0.2, 0.25) is 17.7 Å². The van der Waals surface area contributed by atoms with Crippen LogP contribution in [0.25, 0.3) is 0 Å². The normalized spacial score (nSPS) is 16.6. The maximum atomic E-state index is 12.9. The number of carboxylic acids is 1. The molecule has 12 nitrogen and oxygen atoms in total. The first-order valence-electron chi connectivity index (χ1n) is 11.6. The lowest BCUT2D eigenvalue weighted by molar-refractivity contribution is -0.137. The van der Waals surface area contributed by atoms with Crippen molar-refractivity contribution in [2.24, 2.45) is 22.9 Å². The highest BCUT2D eigenvalue weighted by molar-refractivity contribution is 5.91. The molecule has 0 spiro atoms.